The van der Waals surface area contributed by atoms with E-state index in [-0.39, 0.29) is 0 Å². The number of unbranched alkanes of at least 4 members (excludes halogenated alkanes) is 1. The minimum atomic E-state index is 0.476. The maximum atomic E-state index is 5.59. The van der Waals surface area contributed by atoms with Gasteiger partial charge in [-0.3, -0.25) is 0 Å². The summed E-state index contributed by atoms with van der Waals surface area (Å²) in [5, 5.41) is 4.21. The van der Waals surface area contributed by atoms with E-state index in [0.29, 0.717) is 12.5 Å². The molecule has 1 rings (SSSR count). The van der Waals surface area contributed by atoms with Crippen molar-refractivity contribution in [3.63, 3.8) is 0 Å². The number of rotatable bonds is 7. The van der Waals surface area contributed by atoms with Crippen molar-refractivity contribution in [2.24, 2.45) is 11.7 Å². The van der Waals surface area contributed by atoms with Crippen LogP contribution in [0.2, 0.25) is 0 Å². The van der Waals surface area contributed by atoms with Crippen molar-refractivity contribution in [2.45, 2.75) is 52.6 Å². The average Bonchev–Trinajstić information content (AvgIpc) is 2.71. The third kappa shape index (κ3) is 3.63. The highest BCUT2D eigenvalue weighted by molar-refractivity contribution is 4.83. The highest BCUT2D eigenvalue weighted by Crippen LogP contribution is 2.15. The summed E-state index contributed by atoms with van der Waals surface area (Å²) in [6.07, 6.45) is 6.62. The van der Waals surface area contributed by atoms with E-state index in [1.807, 2.05) is 4.68 Å². The molecule has 2 N–H and O–H groups in total. The van der Waals surface area contributed by atoms with Gasteiger partial charge >= 0.3 is 0 Å². The first-order valence-corrected chi connectivity index (χ1v) is 5.88. The molecule has 0 saturated carbocycles. The zero-order valence-electron chi connectivity index (χ0n) is 9.82. The molecule has 1 heterocycles. The van der Waals surface area contributed by atoms with Gasteiger partial charge in [0.15, 0.2) is 0 Å². The molecule has 1 aromatic rings. The van der Waals surface area contributed by atoms with E-state index in [9.17, 15) is 0 Å². The Morgan fingerprint density at radius 3 is 2.87 bits per heavy atom. The lowest BCUT2D eigenvalue weighted by Crippen LogP contribution is -2.16. The van der Waals surface area contributed by atoms with Crippen LogP contribution >= 0.6 is 0 Å². The zero-order chi connectivity index (χ0) is 11.1. The van der Waals surface area contributed by atoms with Gasteiger partial charge < -0.3 is 5.73 Å². The summed E-state index contributed by atoms with van der Waals surface area (Å²) >= 11 is 0. The van der Waals surface area contributed by atoms with E-state index in [0.717, 1.165) is 12.4 Å². The molecule has 0 aliphatic carbocycles. The van der Waals surface area contributed by atoms with Gasteiger partial charge in [0.2, 0.25) is 0 Å². The number of hydrogen-bond donors (Lipinski definition) is 1. The van der Waals surface area contributed by atoms with Crippen LogP contribution in [0.1, 0.15) is 45.4 Å². The van der Waals surface area contributed by atoms with E-state index in [2.05, 4.69) is 23.9 Å². The molecule has 0 saturated heterocycles. The van der Waals surface area contributed by atoms with Crippen molar-refractivity contribution in [3.8, 4) is 0 Å². The lowest BCUT2D eigenvalue weighted by molar-refractivity contribution is 0.365. The van der Waals surface area contributed by atoms with Crippen LogP contribution < -0.4 is 5.73 Å². The summed E-state index contributed by atoms with van der Waals surface area (Å²) in [7, 11) is 0. The van der Waals surface area contributed by atoms with Gasteiger partial charge in [-0.05, 0) is 12.3 Å². The van der Waals surface area contributed by atoms with Crippen molar-refractivity contribution in [2.75, 3.05) is 0 Å². The molecule has 1 aromatic heterocycles. The Bertz CT molecular complexity index is 269. The molecule has 15 heavy (non-hydrogen) atoms. The maximum Gasteiger partial charge on any atom is 0.140 e. The second-order valence-electron chi connectivity index (χ2n) is 3.98. The Labute approximate surface area is 91.9 Å². The largest absolute Gasteiger partial charge is 0.324 e. The minimum Gasteiger partial charge on any atom is -0.324 e. The summed E-state index contributed by atoms with van der Waals surface area (Å²) in [6.45, 7) is 5.90. The van der Waals surface area contributed by atoms with Gasteiger partial charge in [-0.1, -0.05) is 33.1 Å². The third-order valence-electron chi connectivity index (χ3n) is 2.85. The van der Waals surface area contributed by atoms with Crippen molar-refractivity contribution >= 4 is 0 Å². The van der Waals surface area contributed by atoms with Crippen molar-refractivity contribution in [1.82, 2.24) is 14.8 Å². The van der Waals surface area contributed by atoms with Crippen LogP contribution in [0.3, 0.4) is 0 Å². The molecule has 0 aliphatic heterocycles. The molecule has 0 spiro atoms. The summed E-state index contributed by atoms with van der Waals surface area (Å²) in [5.74, 6) is 1.60. The van der Waals surface area contributed by atoms with Crippen LogP contribution in [0.5, 0.6) is 0 Å². The molecular weight excluding hydrogens is 188 g/mol. The molecule has 0 fully saturated rings. The first-order chi connectivity index (χ1) is 7.31. The molecular formula is C11H22N4. The van der Waals surface area contributed by atoms with Crippen LogP contribution in [-0.4, -0.2) is 14.8 Å². The predicted molar refractivity (Wildman–Crippen MR) is 61.2 cm³/mol. The Balaban J connectivity index is 2.50. The Hall–Kier alpha value is -0.900. The molecule has 4 nitrogen and oxygen atoms in total. The molecule has 0 aliphatic rings. The average molecular weight is 210 g/mol. The van der Waals surface area contributed by atoms with E-state index in [1.165, 1.54) is 25.7 Å². The third-order valence-corrected chi connectivity index (χ3v) is 2.85. The second kappa shape index (κ2) is 6.56. The summed E-state index contributed by atoms with van der Waals surface area (Å²) in [4.78, 5) is 4.13. The normalized spacial score (nSPS) is 13.0. The first-order valence-electron chi connectivity index (χ1n) is 5.88. The number of nitrogens with zero attached hydrogens (tertiary/aromatic N) is 3. The highest BCUT2D eigenvalue weighted by Gasteiger charge is 2.09. The van der Waals surface area contributed by atoms with E-state index in [4.69, 9.17) is 5.73 Å². The van der Waals surface area contributed by atoms with Crippen LogP contribution in [0.25, 0.3) is 0 Å². The van der Waals surface area contributed by atoms with Crippen LogP contribution in [0.4, 0.5) is 0 Å². The van der Waals surface area contributed by atoms with Gasteiger partial charge in [0.25, 0.3) is 0 Å². The van der Waals surface area contributed by atoms with E-state index < -0.39 is 0 Å². The molecule has 0 radical (unpaired) electrons. The zero-order valence-corrected chi connectivity index (χ0v) is 9.82. The summed E-state index contributed by atoms with van der Waals surface area (Å²) < 4.78 is 1.95. The van der Waals surface area contributed by atoms with Gasteiger partial charge in [0.05, 0.1) is 6.54 Å². The van der Waals surface area contributed by atoms with Gasteiger partial charge in [0.1, 0.15) is 12.2 Å². The molecule has 1 unspecified atom stereocenters. The lowest BCUT2D eigenvalue weighted by atomic mass is 9.99. The van der Waals surface area contributed by atoms with Crippen LogP contribution in [-0.2, 0) is 13.1 Å². The Kier molecular flexibility index (Phi) is 5.32. The molecule has 86 valence electrons. The number of aromatic nitrogens is 3. The molecule has 4 heteroatoms. The second-order valence-corrected chi connectivity index (χ2v) is 3.98. The van der Waals surface area contributed by atoms with Crippen LogP contribution in [0, 0.1) is 5.92 Å². The van der Waals surface area contributed by atoms with Crippen molar-refractivity contribution < 1.29 is 0 Å². The molecule has 0 amide bonds. The smallest absolute Gasteiger partial charge is 0.140 e. The van der Waals surface area contributed by atoms with E-state index >= 15 is 0 Å². The van der Waals surface area contributed by atoms with Gasteiger partial charge in [-0.15, -0.1) is 0 Å². The van der Waals surface area contributed by atoms with Gasteiger partial charge in [0, 0.05) is 6.54 Å². The van der Waals surface area contributed by atoms with E-state index in [1.54, 1.807) is 6.33 Å². The highest BCUT2D eigenvalue weighted by atomic mass is 15.3. The topological polar surface area (TPSA) is 56.7 Å². The SMILES string of the molecule is CCCCC(CC)Cn1ncnc1CN. The standard InChI is InChI=1S/C11H22N4/c1-3-5-6-10(4-2)8-15-11(7-12)13-9-14-15/h9-10H,3-8,12H2,1-2H3. The fraction of sp³-hybridized carbons (Fsp3) is 0.818. The van der Waals surface area contributed by atoms with Gasteiger partial charge in [-0.2, -0.15) is 5.10 Å². The molecule has 0 bridgehead atoms. The van der Waals surface area contributed by atoms with Crippen molar-refractivity contribution in [1.29, 1.82) is 0 Å². The number of nitrogens with two attached hydrogens (primary N) is 1. The monoisotopic (exact) mass is 210 g/mol. The number of hydrogen-bond acceptors (Lipinski definition) is 3. The quantitative estimate of drug-likeness (QED) is 0.748. The minimum absolute atomic E-state index is 0.476. The predicted octanol–water partition coefficient (Wildman–Crippen LogP) is 1.95. The Morgan fingerprint density at radius 1 is 1.47 bits per heavy atom. The Morgan fingerprint density at radius 2 is 2.27 bits per heavy atom. The molecule has 0 aromatic carbocycles. The first kappa shape index (κ1) is 12.2. The molecule has 1 atom stereocenters. The summed E-state index contributed by atoms with van der Waals surface area (Å²) in [5.41, 5.74) is 5.59. The fourth-order valence-corrected chi connectivity index (χ4v) is 1.76. The summed E-state index contributed by atoms with van der Waals surface area (Å²) in [6, 6.07) is 0. The van der Waals surface area contributed by atoms with Gasteiger partial charge in [-0.25, -0.2) is 9.67 Å². The maximum absolute atomic E-state index is 5.59. The lowest BCUT2D eigenvalue weighted by Gasteiger charge is -2.15. The van der Waals surface area contributed by atoms with Crippen LogP contribution in [0.15, 0.2) is 6.33 Å². The van der Waals surface area contributed by atoms with Crippen molar-refractivity contribution in [3.05, 3.63) is 12.2 Å². The fourth-order valence-electron chi connectivity index (χ4n) is 1.76.